The van der Waals surface area contributed by atoms with Crippen LogP contribution in [0.3, 0.4) is 0 Å². The Balaban J connectivity index is 1.40. The number of hydrogen-bond donors (Lipinski definition) is 0. The Morgan fingerprint density at radius 1 is 0.839 bits per heavy atom. The van der Waals surface area contributed by atoms with Crippen molar-refractivity contribution in [2.45, 2.75) is 18.8 Å². The Bertz CT molecular complexity index is 955. The molecule has 2 amide bonds. The molecule has 2 heterocycles. The van der Waals surface area contributed by atoms with E-state index in [1.165, 1.54) is 24.3 Å². The molecule has 2 aromatic rings. The first kappa shape index (κ1) is 21.1. The summed E-state index contributed by atoms with van der Waals surface area (Å²) in [6, 6.07) is 10.2. The van der Waals surface area contributed by atoms with Crippen LogP contribution in [-0.4, -0.2) is 55.3 Å². The zero-order valence-electron chi connectivity index (χ0n) is 16.3. The van der Waals surface area contributed by atoms with Gasteiger partial charge in [-0.25, -0.2) is 9.29 Å². The van der Waals surface area contributed by atoms with Crippen molar-refractivity contribution < 1.29 is 31.9 Å². The number of amides is 2. The second-order valence-electron chi connectivity index (χ2n) is 7.33. The van der Waals surface area contributed by atoms with Gasteiger partial charge < -0.3 is 9.64 Å². The molecule has 0 radical (unpaired) electrons. The van der Waals surface area contributed by atoms with Gasteiger partial charge in [0.25, 0.3) is 5.91 Å². The third kappa shape index (κ3) is 4.63. The number of carbonyl (C=O) groups excluding carboxylic acids is 2. The van der Waals surface area contributed by atoms with E-state index in [0.717, 1.165) is 22.7 Å². The van der Waals surface area contributed by atoms with Gasteiger partial charge in [-0.1, -0.05) is 0 Å². The third-order valence-corrected chi connectivity index (χ3v) is 5.40. The fourth-order valence-electron chi connectivity index (χ4n) is 3.91. The maximum absolute atomic E-state index is 13.1. The lowest BCUT2D eigenvalue weighted by atomic mass is 10.1. The molecule has 10 heteroatoms. The summed E-state index contributed by atoms with van der Waals surface area (Å²) in [7, 11) is 0. The summed E-state index contributed by atoms with van der Waals surface area (Å²) >= 11 is 0. The smallest absolute Gasteiger partial charge is 0.406 e. The van der Waals surface area contributed by atoms with Crippen LogP contribution in [0.1, 0.15) is 6.42 Å². The van der Waals surface area contributed by atoms with Crippen molar-refractivity contribution in [2.24, 2.45) is 0 Å². The average Bonchev–Trinajstić information content (AvgIpc) is 3.02. The van der Waals surface area contributed by atoms with Gasteiger partial charge >= 0.3 is 6.36 Å². The molecule has 1 atom stereocenters. The minimum absolute atomic E-state index is 0.0101. The Morgan fingerprint density at radius 2 is 1.42 bits per heavy atom. The number of benzene rings is 2. The van der Waals surface area contributed by atoms with Crippen molar-refractivity contribution in [3.8, 4) is 5.75 Å². The lowest BCUT2D eigenvalue weighted by Gasteiger charge is -2.38. The van der Waals surface area contributed by atoms with Gasteiger partial charge in [-0.2, -0.15) is 0 Å². The second kappa shape index (κ2) is 8.18. The van der Waals surface area contributed by atoms with E-state index in [-0.39, 0.29) is 17.9 Å². The maximum atomic E-state index is 13.1. The quantitative estimate of drug-likeness (QED) is 0.543. The van der Waals surface area contributed by atoms with E-state index in [4.69, 9.17) is 0 Å². The SMILES string of the molecule is O=C1C[C@H](N2CCN(c3ccc(F)cc3)CC2)C(=O)N1c1ccc(OC(F)(F)F)cc1. The van der Waals surface area contributed by atoms with Gasteiger partial charge in [0.05, 0.1) is 18.2 Å². The fraction of sp³-hybridized carbons (Fsp3) is 0.333. The molecule has 2 aliphatic rings. The number of ether oxygens (including phenoxy) is 1. The van der Waals surface area contributed by atoms with Gasteiger partial charge in [0.15, 0.2) is 0 Å². The zero-order chi connectivity index (χ0) is 22.2. The normalized spacial score (nSPS) is 20.5. The zero-order valence-corrected chi connectivity index (χ0v) is 16.3. The molecule has 164 valence electrons. The Labute approximate surface area is 175 Å². The monoisotopic (exact) mass is 437 g/mol. The number of carbonyl (C=O) groups is 2. The van der Waals surface area contributed by atoms with Crippen molar-refractivity contribution in [2.75, 3.05) is 36.0 Å². The van der Waals surface area contributed by atoms with Crippen LogP contribution in [-0.2, 0) is 9.59 Å². The van der Waals surface area contributed by atoms with Crippen molar-refractivity contribution in [1.29, 1.82) is 0 Å². The van der Waals surface area contributed by atoms with Gasteiger partial charge in [-0.15, -0.1) is 13.2 Å². The van der Waals surface area contributed by atoms with Gasteiger partial charge in [0, 0.05) is 31.9 Å². The minimum atomic E-state index is -4.82. The first-order valence-electron chi connectivity index (χ1n) is 9.68. The lowest BCUT2D eigenvalue weighted by molar-refractivity contribution is -0.274. The summed E-state index contributed by atoms with van der Waals surface area (Å²) in [6.45, 7) is 2.33. The topological polar surface area (TPSA) is 53.1 Å². The van der Waals surface area contributed by atoms with E-state index in [9.17, 15) is 27.2 Å². The van der Waals surface area contributed by atoms with Crippen LogP contribution >= 0.6 is 0 Å². The van der Waals surface area contributed by atoms with Crippen molar-refractivity contribution in [3.63, 3.8) is 0 Å². The summed E-state index contributed by atoms with van der Waals surface area (Å²) < 4.78 is 53.9. The molecule has 0 N–H and O–H groups in total. The Morgan fingerprint density at radius 3 is 2.00 bits per heavy atom. The highest BCUT2D eigenvalue weighted by atomic mass is 19.4. The molecule has 0 aliphatic carbocycles. The largest absolute Gasteiger partial charge is 0.573 e. The highest BCUT2D eigenvalue weighted by molar-refractivity contribution is 6.22. The maximum Gasteiger partial charge on any atom is 0.573 e. The number of halogens is 4. The lowest BCUT2D eigenvalue weighted by Crippen LogP contribution is -2.52. The van der Waals surface area contributed by atoms with Crippen LogP contribution in [0.15, 0.2) is 48.5 Å². The summed E-state index contributed by atoms with van der Waals surface area (Å²) in [6.07, 6.45) is -4.81. The second-order valence-corrected chi connectivity index (χ2v) is 7.33. The molecule has 0 aromatic heterocycles. The third-order valence-electron chi connectivity index (χ3n) is 5.40. The number of nitrogens with zero attached hydrogens (tertiary/aromatic N) is 3. The summed E-state index contributed by atoms with van der Waals surface area (Å²) in [4.78, 5) is 30.4. The van der Waals surface area contributed by atoms with E-state index in [2.05, 4.69) is 9.64 Å². The predicted molar refractivity (Wildman–Crippen MR) is 104 cm³/mol. The number of anilines is 2. The van der Waals surface area contributed by atoms with Crippen molar-refractivity contribution in [1.82, 2.24) is 4.90 Å². The van der Waals surface area contributed by atoms with E-state index >= 15 is 0 Å². The highest BCUT2D eigenvalue weighted by Crippen LogP contribution is 2.30. The van der Waals surface area contributed by atoms with E-state index < -0.39 is 30.0 Å². The van der Waals surface area contributed by atoms with E-state index in [0.29, 0.717) is 26.2 Å². The molecule has 2 aromatic carbocycles. The predicted octanol–water partition coefficient (Wildman–Crippen LogP) is 3.18. The molecule has 2 aliphatic heterocycles. The standard InChI is InChI=1S/C21H19F4N3O3/c22-14-1-3-15(4-2-14)26-9-11-27(12-10-26)18-13-19(29)28(20(18)30)16-5-7-17(8-6-16)31-21(23,24)25/h1-8,18H,9-13H2/t18-/m0/s1. The first-order chi connectivity index (χ1) is 14.7. The number of rotatable bonds is 4. The van der Waals surface area contributed by atoms with E-state index in [1.54, 1.807) is 12.1 Å². The number of piperazine rings is 1. The Hall–Kier alpha value is -3.14. The molecule has 0 bridgehead atoms. The molecule has 0 spiro atoms. The van der Waals surface area contributed by atoms with E-state index in [1.807, 2.05) is 4.90 Å². The van der Waals surface area contributed by atoms with Crippen LogP contribution in [0.25, 0.3) is 0 Å². The van der Waals surface area contributed by atoms with Gasteiger partial charge in [-0.05, 0) is 48.5 Å². The van der Waals surface area contributed by atoms with Crippen LogP contribution in [0.2, 0.25) is 0 Å². The molecule has 31 heavy (non-hydrogen) atoms. The van der Waals surface area contributed by atoms with Crippen LogP contribution in [0.4, 0.5) is 28.9 Å². The first-order valence-corrected chi connectivity index (χ1v) is 9.68. The van der Waals surface area contributed by atoms with Gasteiger partial charge in [-0.3, -0.25) is 14.5 Å². The molecule has 4 rings (SSSR count). The number of alkyl halides is 3. The summed E-state index contributed by atoms with van der Waals surface area (Å²) in [5.74, 6) is -1.54. The summed E-state index contributed by atoms with van der Waals surface area (Å²) in [5.41, 5.74) is 1.09. The molecule has 0 saturated carbocycles. The molecule has 2 fully saturated rings. The highest BCUT2D eigenvalue weighted by Gasteiger charge is 2.43. The fourth-order valence-corrected chi connectivity index (χ4v) is 3.91. The summed E-state index contributed by atoms with van der Waals surface area (Å²) in [5, 5.41) is 0. The van der Waals surface area contributed by atoms with Crippen LogP contribution in [0, 0.1) is 5.82 Å². The molecule has 2 saturated heterocycles. The van der Waals surface area contributed by atoms with Gasteiger partial charge in [0.1, 0.15) is 11.6 Å². The molecular formula is C21H19F4N3O3. The molecule has 6 nitrogen and oxygen atoms in total. The number of hydrogen-bond acceptors (Lipinski definition) is 5. The molecule has 0 unspecified atom stereocenters. The van der Waals surface area contributed by atoms with Crippen LogP contribution < -0.4 is 14.5 Å². The average molecular weight is 437 g/mol. The van der Waals surface area contributed by atoms with Crippen molar-refractivity contribution >= 4 is 23.2 Å². The Kier molecular flexibility index (Phi) is 5.57. The van der Waals surface area contributed by atoms with Gasteiger partial charge in [0.2, 0.25) is 5.91 Å². The van der Waals surface area contributed by atoms with Crippen LogP contribution in [0.5, 0.6) is 5.75 Å². The number of imide groups is 1. The minimum Gasteiger partial charge on any atom is -0.406 e. The molecular weight excluding hydrogens is 418 g/mol. The van der Waals surface area contributed by atoms with Crippen molar-refractivity contribution in [3.05, 3.63) is 54.3 Å².